The molecule has 5 nitrogen and oxygen atoms in total. The summed E-state index contributed by atoms with van der Waals surface area (Å²) in [6.07, 6.45) is 0.804. The van der Waals surface area contributed by atoms with Gasteiger partial charge in [0.1, 0.15) is 28.8 Å². The molecule has 1 aliphatic rings. The van der Waals surface area contributed by atoms with Crippen molar-refractivity contribution in [2.45, 2.75) is 18.0 Å². The quantitative estimate of drug-likeness (QED) is 0.790. The molecule has 1 aliphatic heterocycles. The van der Waals surface area contributed by atoms with E-state index in [0.717, 1.165) is 22.3 Å². The van der Waals surface area contributed by atoms with Gasteiger partial charge in [0.2, 0.25) is 0 Å². The minimum absolute atomic E-state index is 0.491. The predicted molar refractivity (Wildman–Crippen MR) is 87.0 cm³/mol. The molecule has 23 heavy (non-hydrogen) atoms. The second kappa shape index (κ2) is 6.52. The van der Waals surface area contributed by atoms with Crippen LogP contribution in [-0.4, -0.2) is 29.0 Å². The number of ether oxygens (including phenoxy) is 2. The molecule has 1 heterocycles. The van der Waals surface area contributed by atoms with Gasteiger partial charge in [0.25, 0.3) is 0 Å². The van der Waals surface area contributed by atoms with Crippen LogP contribution in [0.1, 0.15) is 21.5 Å². The lowest BCUT2D eigenvalue weighted by atomic mass is 10.1. The lowest BCUT2D eigenvalue weighted by Crippen LogP contribution is -2.19. The van der Waals surface area contributed by atoms with Crippen LogP contribution in [0.15, 0.2) is 41.3 Å². The Balaban J connectivity index is 1.85. The van der Waals surface area contributed by atoms with Crippen molar-refractivity contribution in [3.63, 3.8) is 0 Å². The van der Waals surface area contributed by atoms with Crippen LogP contribution in [0.3, 0.4) is 0 Å². The van der Waals surface area contributed by atoms with E-state index >= 15 is 0 Å². The zero-order valence-corrected chi connectivity index (χ0v) is 13.8. The third kappa shape index (κ3) is 3.00. The first-order valence-electron chi connectivity index (χ1n) is 7.12. The van der Waals surface area contributed by atoms with Gasteiger partial charge in [0.15, 0.2) is 0 Å². The van der Waals surface area contributed by atoms with E-state index in [2.05, 4.69) is 0 Å². The maximum Gasteiger partial charge on any atom is 0.150 e. The first-order chi connectivity index (χ1) is 11.2. The average Bonchev–Trinajstić information content (AvgIpc) is 2.90. The molecule has 120 valence electrons. The average molecular weight is 331 g/mol. The third-order valence-electron chi connectivity index (χ3n) is 3.83. The Labute approximate surface area is 137 Å². The summed E-state index contributed by atoms with van der Waals surface area (Å²) in [5.41, 5.74) is 2.47. The van der Waals surface area contributed by atoms with E-state index < -0.39 is 11.0 Å². The number of carbonyl (C=O) groups excluding carboxylic acids is 1. The summed E-state index contributed by atoms with van der Waals surface area (Å²) >= 11 is 0. The van der Waals surface area contributed by atoms with Crippen molar-refractivity contribution in [2.75, 3.05) is 14.2 Å². The summed E-state index contributed by atoms with van der Waals surface area (Å²) in [7, 11) is 1.97. The fourth-order valence-electron chi connectivity index (χ4n) is 2.64. The smallest absolute Gasteiger partial charge is 0.150 e. The molecule has 1 unspecified atom stereocenters. The van der Waals surface area contributed by atoms with Gasteiger partial charge < -0.3 is 9.47 Å². The molecule has 0 radical (unpaired) electrons. The maximum absolute atomic E-state index is 12.6. The highest BCUT2D eigenvalue weighted by molar-refractivity contribution is 7.83. The fraction of sp³-hybridized carbons (Fsp3) is 0.235. The SMILES string of the molecule is COc1ccc(CN2Cc3cc(C=O)ccc3S2=O)c(OC)c1. The molecule has 0 N–H and O–H groups in total. The summed E-state index contributed by atoms with van der Waals surface area (Å²) in [5, 5.41) is 0. The summed E-state index contributed by atoms with van der Waals surface area (Å²) in [6.45, 7) is 1.03. The van der Waals surface area contributed by atoms with Gasteiger partial charge in [-0.25, -0.2) is 8.51 Å². The van der Waals surface area contributed by atoms with Gasteiger partial charge >= 0.3 is 0 Å². The van der Waals surface area contributed by atoms with Crippen molar-refractivity contribution in [3.8, 4) is 11.5 Å². The molecule has 0 bridgehead atoms. The van der Waals surface area contributed by atoms with Crippen LogP contribution < -0.4 is 9.47 Å². The molecular formula is C17H17NO4S. The Bertz CT molecular complexity index is 775. The number of aldehydes is 1. The van der Waals surface area contributed by atoms with Gasteiger partial charge in [-0.2, -0.15) is 0 Å². The second-order valence-corrected chi connectivity index (χ2v) is 6.66. The van der Waals surface area contributed by atoms with Gasteiger partial charge in [-0.3, -0.25) is 4.79 Å². The van der Waals surface area contributed by atoms with Gasteiger partial charge in [-0.1, -0.05) is 12.1 Å². The number of hydrogen-bond donors (Lipinski definition) is 0. The van der Waals surface area contributed by atoms with E-state index in [1.165, 1.54) is 0 Å². The number of hydrogen-bond acceptors (Lipinski definition) is 4. The number of rotatable bonds is 5. The van der Waals surface area contributed by atoms with E-state index in [-0.39, 0.29) is 0 Å². The van der Waals surface area contributed by atoms with Crippen molar-refractivity contribution in [2.24, 2.45) is 0 Å². The predicted octanol–water partition coefficient (Wildman–Crippen LogP) is 2.55. The molecule has 3 rings (SSSR count). The van der Waals surface area contributed by atoms with E-state index in [1.54, 1.807) is 32.4 Å². The Kier molecular flexibility index (Phi) is 4.45. The van der Waals surface area contributed by atoms with Crippen molar-refractivity contribution >= 4 is 17.3 Å². The van der Waals surface area contributed by atoms with Crippen LogP contribution in [0.5, 0.6) is 11.5 Å². The Morgan fingerprint density at radius 3 is 2.70 bits per heavy atom. The van der Waals surface area contributed by atoms with Crippen LogP contribution in [0.2, 0.25) is 0 Å². The molecule has 0 spiro atoms. The molecule has 0 fully saturated rings. The lowest BCUT2D eigenvalue weighted by molar-refractivity contribution is 0.112. The minimum Gasteiger partial charge on any atom is -0.497 e. The Morgan fingerprint density at radius 2 is 2.00 bits per heavy atom. The molecule has 0 aliphatic carbocycles. The second-order valence-electron chi connectivity index (χ2n) is 5.21. The first-order valence-corrected chi connectivity index (χ1v) is 8.22. The standard InChI is InChI=1S/C17H17NO4S/c1-21-15-5-4-13(16(8-15)22-2)9-18-10-14-7-12(11-19)3-6-17(14)23(18)20/h3-8,11H,9-10H2,1-2H3. The van der Waals surface area contributed by atoms with Crippen LogP contribution in [0, 0.1) is 0 Å². The molecule has 2 aromatic rings. The van der Waals surface area contributed by atoms with Crippen molar-refractivity contribution < 1.29 is 18.5 Å². The molecule has 0 amide bonds. The van der Waals surface area contributed by atoms with Crippen LogP contribution >= 0.6 is 0 Å². The monoisotopic (exact) mass is 331 g/mol. The van der Waals surface area contributed by atoms with Gasteiger partial charge in [-0.05, 0) is 23.8 Å². The molecule has 0 aromatic heterocycles. The van der Waals surface area contributed by atoms with Crippen molar-refractivity contribution in [1.82, 2.24) is 4.31 Å². The topological polar surface area (TPSA) is 55.8 Å². The van der Waals surface area contributed by atoms with E-state index in [1.807, 2.05) is 22.5 Å². The van der Waals surface area contributed by atoms with Crippen molar-refractivity contribution in [3.05, 3.63) is 53.1 Å². The summed E-state index contributed by atoms with van der Waals surface area (Å²) in [6, 6.07) is 10.8. The molecule has 0 saturated carbocycles. The van der Waals surface area contributed by atoms with E-state index in [4.69, 9.17) is 9.47 Å². The number of methoxy groups -OCH3 is 2. The largest absolute Gasteiger partial charge is 0.497 e. The Morgan fingerprint density at radius 1 is 1.17 bits per heavy atom. The Hall–Kier alpha value is -2.18. The lowest BCUT2D eigenvalue weighted by Gasteiger charge is -2.16. The van der Waals surface area contributed by atoms with E-state index in [9.17, 15) is 9.00 Å². The summed E-state index contributed by atoms with van der Waals surface area (Å²) in [4.78, 5) is 11.7. The van der Waals surface area contributed by atoms with Crippen LogP contribution in [0.4, 0.5) is 0 Å². The summed E-state index contributed by atoms with van der Waals surface area (Å²) < 4.78 is 25.0. The molecule has 2 aromatic carbocycles. The van der Waals surface area contributed by atoms with Gasteiger partial charge in [0.05, 0.1) is 19.1 Å². The number of carbonyl (C=O) groups is 1. The number of benzene rings is 2. The highest BCUT2D eigenvalue weighted by Crippen LogP contribution is 2.32. The zero-order chi connectivity index (χ0) is 16.4. The van der Waals surface area contributed by atoms with Gasteiger partial charge in [-0.15, -0.1) is 0 Å². The highest BCUT2D eigenvalue weighted by atomic mass is 32.2. The molecule has 1 atom stereocenters. The number of fused-ring (bicyclic) bond motifs is 1. The zero-order valence-electron chi connectivity index (χ0n) is 12.9. The van der Waals surface area contributed by atoms with Crippen LogP contribution in [0.25, 0.3) is 0 Å². The third-order valence-corrected chi connectivity index (χ3v) is 5.33. The van der Waals surface area contributed by atoms with E-state index in [0.29, 0.717) is 30.2 Å². The van der Waals surface area contributed by atoms with Crippen LogP contribution in [-0.2, 0) is 24.1 Å². The molecular weight excluding hydrogens is 314 g/mol. The fourth-order valence-corrected chi connectivity index (χ4v) is 3.96. The molecule has 0 saturated heterocycles. The summed E-state index contributed by atoms with van der Waals surface area (Å²) in [5.74, 6) is 1.41. The van der Waals surface area contributed by atoms with Crippen molar-refractivity contribution in [1.29, 1.82) is 0 Å². The van der Waals surface area contributed by atoms with Gasteiger partial charge in [0, 0.05) is 30.3 Å². The normalized spacial score (nSPS) is 16.9. The minimum atomic E-state index is -1.23. The highest BCUT2D eigenvalue weighted by Gasteiger charge is 2.27. The number of nitrogens with zero attached hydrogens (tertiary/aromatic N) is 1. The first kappa shape index (κ1) is 15.7. The molecule has 6 heteroatoms. The maximum atomic E-state index is 12.6.